The van der Waals surface area contributed by atoms with Crippen molar-refractivity contribution in [3.8, 4) is 11.5 Å². The van der Waals surface area contributed by atoms with Crippen molar-refractivity contribution in [2.24, 2.45) is 0 Å². The van der Waals surface area contributed by atoms with Gasteiger partial charge in [0, 0.05) is 28.9 Å². The van der Waals surface area contributed by atoms with Crippen molar-refractivity contribution in [3.63, 3.8) is 0 Å². The molecule has 0 radical (unpaired) electrons. The summed E-state index contributed by atoms with van der Waals surface area (Å²) in [4.78, 5) is 20.2. The van der Waals surface area contributed by atoms with Crippen molar-refractivity contribution in [1.29, 1.82) is 0 Å². The van der Waals surface area contributed by atoms with Crippen molar-refractivity contribution >= 4 is 38.6 Å². The van der Waals surface area contributed by atoms with Crippen LogP contribution in [0.5, 0.6) is 11.5 Å². The lowest BCUT2D eigenvalue weighted by atomic mass is 10.1. The maximum absolute atomic E-state index is 11.4. The van der Waals surface area contributed by atoms with E-state index in [0.717, 1.165) is 52.4 Å². The number of aromatic nitrogens is 2. The number of esters is 1. The quantitative estimate of drug-likeness (QED) is 0.224. The van der Waals surface area contributed by atoms with Gasteiger partial charge in [-0.1, -0.05) is 40.9 Å². The molecule has 0 aliphatic heterocycles. The topological polar surface area (TPSA) is 82.6 Å². The first-order chi connectivity index (χ1) is 16.1. The molecule has 3 aromatic rings. The molecule has 3 rings (SSSR count). The molecule has 0 saturated heterocycles. The fourth-order valence-corrected chi connectivity index (χ4v) is 3.90. The summed E-state index contributed by atoms with van der Waals surface area (Å²) in [7, 11) is 1.62. The van der Waals surface area contributed by atoms with Crippen molar-refractivity contribution in [2.45, 2.75) is 45.6 Å². The van der Waals surface area contributed by atoms with Crippen molar-refractivity contribution in [3.05, 3.63) is 52.8 Å². The summed E-state index contributed by atoms with van der Waals surface area (Å²) in [6, 6.07) is 11.9. The number of hydrogen-bond acceptors (Lipinski definition) is 7. The van der Waals surface area contributed by atoms with Gasteiger partial charge in [-0.3, -0.25) is 4.79 Å². The molecule has 33 heavy (non-hydrogen) atoms. The zero-order chi connectivity index (χ0) is 23.5. The minimum Gasteiger partial charge on any atom is -0.493 e. The van der Waals surface area contributed by atoms with E-state index >= 15 is 0 Å². The molecule has 0 amide bonds. The van der Waals surface area contributed by atoms with E-state index in [1.165, 1.54) is 0 Å². The molecule has 0 atom stereocenters. The van der Waals surface area contributed by atoms with Crippen LogP contribution >= 0.6 is 15.9 Å². The number of halogens is 1. The number of methoxy groups -OCH3 is 1. The normalized spacial score (nSPS) is 10.8. The predicted molar refractivity (Wildman–Crippen MR) is 133 cm³/mol. The Morgan fingerprint density at radius 2 is 1.91 bits per heavy atom. The van der Waals surface area contributed by atoms with Gasteiger partial charge in [0.15, 0.2) is 11.5 Å². The number of benzene rings is 2. The number of anilines is 1. The zero-order valence-corrected chi connectivity index (χ0v) is 20.7. The molecule has 0 unspecified atom stereocenters. The van der Waals surface area contributed by atoms with E-state index in [1.54, 1.807) is 13.4 Å². The minimum atomic E-state index is -0.124. The lowest BCUT2D eigenvalue weighted by Gasteiger charge is -2.14. The van der Waals surface area contributed by atoms with E-state index in [9.17, 15) is 4.79 Å². The van der Waals surface area contributed by atoms with E-state index in [2.05, 4.69) is 43.3 Å². The van der Waals surface area contributed by atoms with Crippen LogP contribution in [0, 0.1) is 0 Å². The van der Waals surface area contributed by atoms with E-state index in [1.807, 2.05) is 31.2 Å². The second-order valence-corrected chi connectivity index (χ2v) is 8.46. The van der Waals surface area contributed by atoms with Crippen molar-refractivity contribution in [2.75, 3.05) is 25.6 Å². The minimum absolute atomic E-state index is 0.124. The van der Waals surface area contributed by atoms with Gasteiger partial charge in [-0.25, -0.2) is 9.97 Å². The summed E-state index contributed by atoms with van der Waals surface area (Å²) in [5.41, 5.74) is 1.92. The van der Waals surface area contributed by atoms with E-state index in [-0.39, 0.29) is 5.97 Å². The van der Waals surface area contributed by atoms with Crippen molar-refractivity contribution < 1.29 is 19.0 Å². The van der Waals surface area contributed by atoms with Gasteiger partial charge in [-0.2, -0.15) is 0 Å². The van der Waals surface area contributed by atoms with Gasteiger partial charge in [0.25, 0.3) is 0 Å². The second-order valence-electron chi connectivity index (χ2n) is 7.54. The van der Waals surface area contributed by atoms with Crippen LogP contribution in [0.15, 0.2) is 47.2 Å². The van der Waals surface area contributed by atoms with E-state index < -0.39 is 0 Å². The smallest absolute Gasteiger partial charge is 0.305 e. The fraction of sp³-hybridized carbons (Fsp3) is 0.400. The number of rotatable bonds is 13. The molecule has 2 aromatic carbocycles. The summed E-state index contributed by atoms with van der Waals surface area (Å²) in [6.07, 6.45) is 5.70. The first-order valence-corrected chi connectivity index (χ1v) is 12.0. The summed E-state index contributed by atoms with van der Waals surface area (Å²) in [6.45, 7) is 3.46. The van der Waals surface area contributed by atoms with Crippen LogP contribution in [-0.4, -0.2) is 36.3 Å². The number of nitrogens with zero attached hydrogens (tertiary/aromatic N) is 2. The lowest BCUT2D eigenvalue weighted by Crippen LogP contribution is -2.04. The van der Waals surface area contributed by atoms with Crippen LogP contribution < -0.4 is 14.8 Å². The number of carbonyl (C=O) groups is 1. The maximum atomic E-state index is 11.4. The number of fused-ring (bicyclic) bond motifs is 1. The first-order valence-electron chi connectivity index (χ1n) is 11.2. The van der Waals surface area contributed by atoms with Gasteiger partial charge in [-0.05, 0) is 43.5 Å². The third-order valence-electron chi connectivity index (χ3n) is 5.11. The lowest BCUT2D eigenvalue weighted by molar-refractivity contribution is -0.143. The Bertz CT molecular complexity index is 1060. The summed E-state index contributed by atoms with van der Waals surface area (Å²) in [5.74, 6) is 1.92. The summed E-state index contributed by atoms with van der Waals surface area (Å²) < 4.78 is 17.5. The van der Waals surface area contributed by atoms with Gasteiger partial charge < -0.3 is 19.5 Å². The molecular formula is C25H30BrN3O4. The molecule has 7 nitrogen and oxygen atoms in total. The second kappa shape index (κ2) is 13.0. The van der Waals surface area contributed by atoms with Gasteiger partial charge in [0.2, 0.25) is 0 Å². The third-order valence-corrected chi connectivity index (χ3v) is 5.60. The van der Waals surface area contributed by atoms with Crippen LogP contribution in [0.3, 0.4) is 0 Å². The van der Waals surface area contributed by atoms with Gasteiger partial charge >= 0.3 is 5.97 Å². The number of hydrogen-bond donors (Lipinski definition) is 1. The highest BCUT2D eigenvalue weighted by atomic mass is 79.9. The molecule has 1 heterocycles. The monoisotopic (exact) mass is 515 g/mol. The Morgan fingerprint density at radius 3 is 2.70 bits per heavy atom. The summed E-state index contributed by atoms with van der Waals surface area (Å²) >= 11 is 3.51. The molecule has 0 fully saturated rings. The molecule has 8 heteroatoms. The van der Waals surface area contributed by atoms with E-state index in [0.29, 0.717) is 37.7 Å². The number of carbonyl (C=O) groups excluding carboxylic acids is 1. The number of unbranched alkanes of at least 4 members (excludes halogenated alkanes) is 3. The van der Waals surface area contributed by atoms with Crippen LogP contribution in [-0.2, 0) is 16.1 Å². The predicted octanol–water partition coefficient (Wildman–Crippen LogP) is 5.91. The highest BCUT2D eigenvalue weighted by molar-refractivity contribution is 9.10. The van der Waals surface area contributed by atoms with Crippen LogP contribution in [0.2, 0.25) is 0 Å². The number of ether oxygens (including phenoxy) is 3. The molecule has 0 aliphatic rings. The molecule has 1 aromatic heterocycles. The highest BCUT2D eigenvalue weighted by Gasteiger charge is 2.12. The molecule has 0 saturated carbocycles. The van der Waals surface area contributed by atoms with Gasteiger partial charge in [-0.15, -0.1) is 0 Å². The van der Waals surface area contributed by atoms with Crippen LogP contribution in [0.4, 0.5) is 5.82 Å². The Morgan fingerprint density at radius 1 is 1.06 bits per heavy atom. The Labute approximate surface area is 203 Å². The zero-order valence-electron chi connectivity index (χ0n) is 19.1. The van der Waals surface area contributed by atoms with Gasteiger partial charge in [0.05, 0.1) is 25.8 Å². The largest absolute Gasteiger partial charge is 0.493 e. The molecule has 1 N–H and O–H groups in total. The molecule has 0 aliphatic carbocycles. The Hall–Kier alpha value is -2.87. The molecule has 0 spiro atoms. The third kappa shape index (κ3) is 7.60. The van der Waals surface area contributed by atoms with Crippen molar-refractivity contribution in [1.82, 2.24) is 9.97 Å². The standard InChI is InChI=1S/C25H30BrN3O4/c1-3-32-24(30)11-6-4-5-7-12-33-23-14-20-21(15-22(23)31-2)28-17-29-25(20)27-16-18-9-8-10-19(26)13-18/h8-10,13-15,17H,3-7,11-12,16H2,1-2H3,(H,27,28,29). The fourth-order valence-electron chi connectivity index (χ4n) is 3.45. The Kier molecular flexibility index (Phi) is 9.75. The number of nitrogens with one attached hydrogen (secondary N) is 1. The average molecular weight is 516 g/mol. The maximum Gasteiger partial charge on any atom is 0.305 e. The first kappa shape index (κ1) is 24.8. The SMILES string of the molecule is CCOC(=O)CCCCCCOc1cc2c(NCc3cccc(Br)c3)ncnc2cc1OC. The molecule has 0 bridgehead atoms. The average Bonchev–Trinajstić information content (AvgIpc) is 2.81. The van der Waals surface area contributed by atoms with Gasteiger partial charge in [0.1, 0.15) is 12.1 Å². The Balaban J connectivity index is 1.59. The van der Waals surface area contributed by atoms with Crippen LogP contribution in [0.25, 0.3) is 10.9 Å². The van der Waals surface area contributed by atoms with Crippen LogP contribution in [0.1, 0.15) is 44.6 Å². The summed E-state index contributed by atoms with van der Waals surface area (Å²) in [5, 5.41) is 4.27. The van der Waals surface area contributed by atoms with E-state index in [4.69, 9.17) is 14.2 Å². The highest BCUT2D eigenvalue weighted by Crippen LogP contribution is 2.34. The molecular weight excluding hydrogens is 486 g/mol. The molecule has 176 valence electrons.